The Morgan fingerprint density at radius 1 is 1.39 bits per heavy atom. The third-order valence-corrected chi connectivity index (χ3v) is 5.98. The van der Waals surface area contributed by atoms with Gasteiger partial charge in [-0.05, 0) is 66.0 Å². The first-order chi connectivity index (χ1) is 13.5. The van der Waals surface area contributed by atoms with Crippen molar-refractivity contribution >= 4 is 17.1 Å². The molecule has 0 saturated heterocycles. The van der Waals surface area contributed by atoms with E-state index >= 15 is 0 Å². The Kier molecular flexibility index (Phi) is 4.94. The van der Waals surface area contributed by atoms with Crippen LogP contribution in [0.4, 0.5) is 0 Å². The van der Waals surface area contributed by atoms with Crippen LogP contribution in [0.2, 0.25) is 0 Å². The number of imidazole rings is 1. The van der Waals surface area contributed by atoms with E-state index in [1.807, 2.05) is 11.4 Å². The molecule has 28 heavy (non-hydrogen) atoms. The van der Waals surface area contributed by atoms with Crippen LogP contribution in [0.3, 0.4) is 0 Å². The number of benzene rings is 1. The summed E-state index contributed by atoms with van der Waals surface area (Å²) in [7, 11) is 1.73. The van der Waals surface area contributed by atoms with Crippen molar-refractivity contribution in [3.05, 3.63) is 64.8 Å². The maximum absolute atomic E-state index is 12.5. The van der Waals surface area contributed by atoms with Gasteiger partial charge < -0.3 is 4.74 Å². The smallest absolute Gasteiger partial charge is 0.205 e. The number of rotatable bonds is 6. The van der Waals surface area contributed by atoms with Crippen molar-refractivity contribution in [3.8, 4) is 22.1 Å². The zero-order chi connectivity index (χ0) is 19.8. The third kappa shape index (κ3) is 3.10. The molecular weight excluding hydrogens is 368 g/mol. The summed E-state index contributed by atoms with van der Waals surface area (Å²) in [6.07, 6.45) is 3.93. The van der Waals surface area contributed by atoms with Crippen LogP contribution in [-0.4, -0.2) is 22.4 Å². The number of ketones is 1. The lowest BCUT2D eigenvalue weighted by Crippen LogP contribution is -2.16. The zero-order valence-electron chi connectivity index (χ0n) is 16.5. The lowest BCUT2D eigenvalue weighted by Gasteiger charge is -2.24. The van der Waals surface area contributed by atoms with Crippen LogP contribution in [0.25, 0.3) is 16.4 Å². The number of fused-ring (bicyclic) bond motifs is 3. The molecule has 0 N–H and O–H groups in total. The molecule has 1 aliphatic rings. The van der Waals surface area contributed by atoms with Gasteiger partial charge in [-0.1, -0.05) is 26.5 Å². The fourth-order valence-electron chi connectivity index (χ4n) is 3.91. The molecule has 0 unspecified atom stereocenters. The molecule has 144 valence electrons. The first kappa shape index (κ1) is 18.7. The highest BCUT2D eigenvalue weighted by Gasteiger charge is 2.28. The largest absolute Gasteiger partial charge is 0.496 e. The first-order valence-corrected chi connectivity index (χ1v) is 10.4. The second kappa shape index (κ2) is 7.40. The molecule has 0 amide bonds. The van der Waals surface area contributed by atoms with Gasteiger partial charge in [-0.25, -0.2) is 4.98 Å². The Morgan fingerprint density at radius 3 is 2.86 bits per heavy atom. The van der Waals surface area contributed by atoms with E-state index in [-0.39, 0.29) is 5.78 Å². The van der Waals surface area contributed by atoms with Crippen LogP contribution in [-0.2, 0) is 19.3 Å². The van der Waals surface area contributed by atoms with E-state index in [0.29, 0.717) is 11.6 Å². The molecule has 1 aliphatic heterocycles. The highest BCUT2D eigenvalue weighted by Crippen LogP contribution is 2.38. The summed E-state index contributed by atoms with van der Waals surface area (Å²) in [6.45, 7) is 8.07. The minimum atomic E-state index is -0.120. The number of aromatic nitrogens is 2. The molecule has 0 saturated carbocycles. The lowest BCUT2D eigenvalue weighted by molar-refractivity contribution is 0.104. The van der Waals surface area contributed by atoms with Gasteiger partial charge in [0.05, 0.1) is 23.4 Å². The van der Waals surface area contributed by atoms with E-state index in [9.17, 15) is 4.79 Å². The van der Waals surface area contributed by atoms with Crippen LogP contribution in [0.15, 0.2) is 42.3 Å². The van der Waals surface area contributed by atoms with Crippen molar-refractivity contribution in [3.63, 3.8) is 0 Å². The molecular formula is C23H24N2O2S. The fraction of sp³-hybridized carbons (Fsp3) is 0.304. The summed E-state index contributed by atoms with van der Waals surface area (Å²) in [5.41, 5.74) is 5.01. The van der Waals surface area contributed by atoms with Gasteiger partial charge in [0.15, 0.2) is 5.82 Å². The number of ether oxygens (including phenoxy) is 1. The summed E-state index contributed by atoms with van der Waals surface area (Å²) in [5.74, 6) is 2.17. The topological polar surface area (TPSA) is 44.1 Å². The van der Waals surface area contributed by atoms with Crippen LogP contribution in [0.1, 0.15) is 41.2 Å². The summed E-state index contributed by atoms with van der Waals surface area (Å²) >= 11 is 1.63. The van der Waals surface area contributed by atoms with Crippen molar-refractivity contribution in [1.82, 2.24) is 9.55 Å². The highest BCUT2D eigenvalue weighted by atomic mass is 32.1. The Morgan fingerprint density at radius 2 is 2.21 bits per heavy atom. The molecule has 5 heteroatoms. The molecule has 4 rings (SSSR count). The standard InChI is InChI=1S/C23H24N2O2S/c1-5-19(26)22-17-9-8-15-13-20(27-4)16(11-14(2)3)12-18(15)25(17)23(24-22)21-7-6-10-28-21/h5-7,10,12-14H,1,8-9,11H2,2-4H3. The Bertz CT molecular complexity index is 1050. The number of hydrogen-bond donors (Lipinski definition) is 0. The van der Waals surface area contributed by atoms with E-state index in [1.54, 1.807) is 18.4 Å². The van der Waals surface area contributed by atoms with Crippen molar-refractivity contribution in [2.45, 2.75) is 33.1 Å². The quantitative estimate of drug-likeness (QED) is 0.424. The van der Waals surface area contributed by atoms with E-state index in [2.05, 4.69) is 43.2 Å². The summed E-state index contributed by atoms with van der Waals surface area (Å²) in [4.78, 5) is 18.3. The fourth-order valence-corrected chi connectivity index (χ4v) is 4.62. The van der Waals surface area contributed by atoms with E-state index in [1.165, 1.54) is 17.2 Å². The number of allylic oxidation sites excluding steroid dienone is 1. The molecule has 0 bridgehead atoms. The number of nitrogens with zero attached hydrogens (tertiary/aromatic N) is 2. The summed E-state index contributed by atoms with van der Waals surface area (Å²) < 4.78 is 7.84. The van der Waals surface area contributed by atoms with Gasteiger partial charge in [-0.15, -0.1) is 11.3 Å². The Balaban J connectivity index is 1.98. The molecule has 0 radical (unpaired) electrons. The van der Waals surface area contributed by atoms with Crippen molar-refractivity contribution in [1.29, 1.82) is 0 Å². The van der Waals surface area contributed by atoms with Crippen molar-refractivity contribution < 1.29 is 9.53 Å². The summed E-state index contributed by atoms with van der Waals surface area (Å²) in [6, 6.07) is 8.44. The number of aryl methyl sites for hydroxylation is 1. The van der Waals surface area contributed by atoms with Gasteiger partial charge in [-0.3, -0.25) is 9.36 Å². The number of thiophene rings is 1. The van der Waals surface area contributed by atoms with Gasteiger partial charge in [0.2, 0.25) is 5.78 Å². The molecule has 0 aliphatic carbocycles. The first-order valence-electron chi connectivity index (χ1n) is 9.55. The van der Waals surface area contributed by atoms with E-state index in [0.717, 1.165) is 47.1 Å². The van der Waals surface area contributed by atoms with Crippen LogP contribution >= 0.6 is 11.3 Å². The zero-order valence-corrected chi connectivity index (χ0v) is 17.3. The van der Waals surface area contributed by atoms with Gasteiger partial charge in [0.1, 0.15) is 11.4 Å². The number of methoxy groups -OCH3 is 1. The predicted octanol–water partition coefficient (Wildman–Crippen LogP) is 5.28. The predicted molar refractivity (Wildman–Crippen MR) is 114 cm³/mol. The molecule has 4 nitrogen and oxygen atoms in total. The van der Waals surface area contributed by atoms with Gasteiger partial charge in [-0.2, -0.15) is 0 Å². The minimum absolute atomic E-state index is 0.120. The maximum atomic E-state index is 12.5. The minimum Gasteiger partial charge on any atom is -0.496 e. The average Bonchev–Trinajstić information content (AvgIpc) is 3.34. The van der Waals surface area contributed by atoms with Gasteiger partial charge >= 0.3 is 0 Å². The average molecular weight is 393 g/mol. The number of carbonyl (C=O) groups excluding carboxylic acids is 1. The second-order valence-electron chi connectivity index (χ2n) is 7.50. The third-order valence-electron chi connectivity index (χ3n) is 5.12. The summed E-state index contributed by atoms with van der Waals surface area (Å²) in [5, 5.41) is 2.04. The lowest BCUT2D eigenvalue weighted by atomic mass is 9.94. The van der Waals surface area contributed by atoms with E-state index < -0.39 is 0 Å². The van der Waals surface area contributed by atoms with Crippen molar-refractivity contribution in [2.24, 2.45) is 5.92 Å². The molecule has 1 aromatic carbocycles. The molecule has 2 aromatic heterocycles. The molecule has 3 heterocycles. The number of hydrogen-bond acceptors (Lipinski definition) is 4. The maximum Gasteiger partial charge on any atom is 0.205 e. The van der Waals surface area contributed by atoms with E-state index in [4.69, 9.17) is 9.72 Å². The molecule has 0 spiro atoms. The van der Waals surface area contributed by atoms with Gasteiger partial charge in [0.25, 0.3) is 0 Å². The molecule has 0 fully saturated rings. The monoisotopic (exact) mass is 392 g/mol. The van der Waals surface area contributed by atoms with Crippen LogP contribution < -0.4 is 4.74 Å². The van der Waals surface area contributed by atoms with Crippen molar-refractivity contribution in [2.75, 3.05) is 7.11 Å². The Hall–Kier alpha value is -2.66. The number of carbonyl (C=O) groups is 1. The highest BCUT2D eigenvalue weighted by molar-refractivity contribution is 7.13. The second-order valence-corrected chi connectivity index (χ2v) is 8.45. The van der Waals surface area contributed by atoms with Crippen LogP contribution in [0.5, 0.6) is 5.75 Å². The molecule has 0 atom stereocenters. The molecule has 3 aromatic rings. The SMILES string of the molecule is C=CC(=O)c1nc(-c2cccs2)n2c1CCc1cc(OC)c(CC(C)C)cc1-2. The van der Waals surface area contributed by atoms with Crippen LogP contribution in [0, 0.1) is 5.92 Å². The van der Waals surface area contributed by atoms with Gasteiger partial charge in [0, 0.05) is 0 Å². The normalized spacial score (nSPS) is 12.6. The Labute approximate surface area is 169 Å².